The Balaban J connectivity index is 3.93. The Kier molecular flexibility index (Phi) is 10.4. The summed E-state index contributed by atoms with van der Waals surface area (Å²) in [5.74, 6) is 0. The molecule has 1 unspecified atom stereocenters. The van der Waals surface area contributed by atoms with Crippen molar-refractivity contribution in [2.75, 3.05) is 19.6 Å². The van der Waals surface area contributed by atoms with Crippen LogP contribution in [-0.4, -0.2) is 30.7 Å². The maximum atomic E-state index is 3.67. The number of nitrogens with one attached hydrogen (secondary N) is 1. The SMILES string of the molecule is CCCCNC(CC)N(CCC)CCC. The van der Waals surface area contributed by atoms with Crippen molar-refractivity contribution in [2.24, 2.45) is 0 Å². The highest BCUT2D eigenvalue weighted by Crippen LogP contribution is 2.04. The van der Waals surface area contributed by atoms with Crippen molar-refractivity contribution in [1.29, 1.82) is 0 Å². The normalized spacial score (nSPS) is 13.4. The van der Waals surface area contributed by atoms with Crippen molar-refractivity contribution < 1.29 is 0 Å². The summed E-state index contributed by atoms with van der Waals surface area (Å²) < 4.78 is 0. The first-order valence-corrected chi connectivity index (χ1v) is 6.77. The van der Waals surface area contributed by atoms with Crippen LogP contribution >= 0.6 is 0 Å². The van der Waals surface area contributed by atoms with Crippen molar-refractivity contribution in [3.8, 4) is 0 Å². The first kappa shape index (κ1) is 14.9. The molecule has 0 aliphatic carbocycles. The summed E-state index contributed by atoms with van der Waals surface area (Å²) in [5.41, 5.74) is 0. The molecule has 0 bridgehead atoms. The van der Waals surface area contributed by atoms with Gasteiger partial charge in [-0.3, -0.25) is 4.90 Å². The second-order valence-corrected chi connectivity index (χ2v) is 4.27. The number of rotatable bonds is 10. The monoisotopic (exact) mass is 214 g/mol. The average molecular weight is 214 g/mol. The zero-order chi connectivity index (χ0) is 11.5. The fourth-order valence-corrected chi connectivity index (χ4v) is 1.97. The summed E-state index contributed by atoms with van der Waals surface area (Å²) in [6.07, 6.45) is 6.89. The number of hydrogen-bond donors (Lipinski definition) is 1. The predicted octanol–water partition coefficient (Wildman–Crippen LogP) is 3.23. The molecule has 0 saturated carbocycles. The lowest BCUT2D eigenvalue weighted by Gasteiger charge is -2.31. The maximum Gasteiger partial charge on any atom is 0.0594 e. The number of unbranched alkanes of at least 4 members (excludes halogenated alkanes) is 1. The van der Waals surface area contributed by atoms with Crippen LogP contribution in [-0.2, 0) is 0 Å². The standard InChI is InChI=1S/C13H30N2/c1-5-9-10-14-13(8-4)15(11-6-2)12-7-3/h13-14H,5-12H2,1-4H3. The summed E-state index contributed by atoms with van der Waals surface area (Å²) >= 11 is 0. The lowest BCUT2D eigenvalue weighted by atomic mass is 10.2. The molecule has 0 amide bonds. The first-order chi connectivity index (χ1) is 7.29. The second-order valence-electron chi connectivity index (χ2n) is 4.27. The van der Waals surface area contributed by atoms with Gasteiger partial charge < -0.3 is 5.32 Å². The van der Waals surface area contributed by atoms with E-state index in [4.69, 9.17) is 0 Å². The molecule has 0 aromatic carbocycles. The van der Waals surface area contributed by atoms with E-state index in [1.807, 2.05) is 0 Å². The molecule has 0 aromatic heterocycles. The van der Waals surface area contributed by atoms with Crippen LogP contribution in [0.2, 0.25) is 0 Å². The van der Waals surface area contributed by atoms with Crippen LogP contribution in [0.3, 0.4) is 0 Å². The van der Waals surface area contributed by atoms with E-state index in [1.165, 1.54) is 51.7 Å². The van der Waals surface area contributed by atoms with Crippen LogP contribution in [0.15, 0.2) is 0 Å². The molecule has 0 radical (unpaired) electrons. The molecule has 1 atom stereocenters. The highest BCUT2D eigenvalue weighted by Gasteiger charge is 2.13. The van der Waals surface area contributed by atoms with E-state index in [1.54, 1.807) is 0 Å². The summed E-state index contributed by atoms with van der Waals surface area (Å²) in [6.45, 7) is 12.7. The van der Waals surface area contributed by atoms with E-state index in [9.17, 15) is 0 Å². The zero-order valence-electron chi connectivity index (χ0n) is 11.2. The zero-order valence-corrected chi connectivity index (χ0v) is 11.2. The molecule has 2 nitrogen and oxygen atoms in total. The molecule has 92 valence electrons. The Bertz CT molecular complexity index is 120. The van der Waals surface area contributed by atoms with E-state index < -0.39 is 0 Å². The summed E-state index contributed by atoms with van der Waals surface area (Å²) in [6, 6.07) is 0. The van der Waals surface area contributed by atoms with E-state index in [-0.39, 0.29) is 0 Å². The first-order valence-electron chi connectivity index (χ1n) is 6.77. The molecule has 1 N–H and O–H groups in total. The molecular weight excluding hydrogens is 184 g/mol. The summed E-state index contributed by atoms with van der Waals surface area (Å²) in [7, 11) is 0. The summed E-state index contributed by atoms with van der Waals surface area (Å²) in [4.78, 5) is 2.59. The molecule has 0 heterocycles. The number of nitrogens with zero attached hydrogens (tertiary/aromatic N) is 1. The van der Waals surface area contributed by atoms with Gasteiger partial charge in [-0.25, -0.2) is 0 Å². The highest BCUT2D eigenvalue weighted by atomic mass is 15.3. The van der Waals surface area contributed by atoms with Crippen LogP contribution in [0, 0.1) is 0 Å². The van der Waals surface area contributed by atoms with Crippen molar-refractivity contribution in [3.05, 3.63) is 0 Å². The van der Waals surface area contributed by atoms with E-state index in [0.29, 0.717) is 6.17 Å². The topological polar surface area (TPSA) is 15.3 Å². The number of hydrogen-bond acceptors (Lipinski definition) is 2. The Hall–Kier alpha value is -0.0800. The van der Waals surface area contributed by atoms with Gasteiger partial charge in [0.05, 0.1) is 6.17 Å². The molecule has 0 aliphatic heterocycles. The van der Waals surface area contributed by atoms with Crippen LogP contribution in [0.1, 0.15) is 59.8 Å². The quantitative estimate of drug-likeness (QED) is 0.444. The van der Waals surface area contributed by atoms with Crippen molar-refractivity contribution >= 4 is 0 Å². The van der Waals surface area contributed by atoms with Crippen LogP contribution in [0.25, 0.3) is 0 Å². The van der Waals surface area contributed by atoms with Gasteiger partial charge in [0.15, 0.2) is 0 Å². The van der Waals surface area contributed by atoms with Gasteiger partial charge in [-0.2, -0.15) is 0 Å². The molecular formula is C13H30N2. The van der Waals surface area contributed by atoms with Crippen molar-refractivity contribution in [1.82, 2.24) is 10.2 Å². The van der Waals surface area contributed by atoms with Crippen LogP contribution in [0.5, 0.6) is 0 Å². The third kappa shape index (κ3) is 6.91. The third-order valence-electron chi connectivity index (χ3n) is 2.76. The lowest BCUT2D eigenvalue weighted by Crippen LogP contribution is -2.46. The Labute approximate surface area is 96.4 Å². The van der Waals surface area contributed by atoms with Gasteiger partial charge in [0, 0.05) is 0 Å². The van der Waals surface area contributed by atoms with Gasteiger partial charge in [0.25, 0.3) is 0 Å². The molecule has 0 aliphatic rings. The highest BCUT2D eigenvalue weighted by molar-refractivity contribution is 4.67. The molecule has 2 heteroatoms. The Morgan fingerprint density at radius 2 is 1.53 bits per heavy atom. The minimum absolute atomic E-state index is 0.594. The largest absolute Gasteiger partial charge is 0.302 e. The van der Waals surface area contributed by atoms with Gasteiger partial charge in [-0.05, 0) is 45.3 Å². The Morgan fingerprint density at radius 3 is 1.93 bits per heavy atom. The van der Waals surface area contributed by atoms with Gasteiger partial charge in [0.1, 0.15) is 0 Å². The van der Waals surface area contributed by atoms with E-state index in [0.717, 1.165) is 0 Å². The van der Waals surface area contributed by atoms with Gasteiger partial charge in [-0.15, -0.1) is 0 Å². The molecule has 0 rings (SSSR count). The fraction of sp³-hybridized carbons (Fsp3) is 1.00. The maximum absolute atomic E-state index is 3.67. The third-order valence-corrected chi connectivity index (χ3v) is 2.76. The van der Waals surface area contributed by atoms with E-state index in [2.05, 4.69) is 37.9 Å². The predicted molar refractivity (Wildman–Crippen MR) is 69.1 cm³/mol. The molecule has 15 heavy (non-hydrogen) atoms. The second kappa shape index (κ2) is 10.4. The molecule has 0 aromatic rings. The average Bonchev–Trinajstić information content (AvgIpc) is 2.24. The van der Waals surface area contributed by atoms with Gasteiger partial charge >= 0.3 is 0 Å². The molecule has 0 fully saturated rings. The minimum atomic E-state index is 0.594. The molecule has 0 spiro atoms. The Morgan fingerprint density at radius 1 is 0.933 bits per heavy atom. The van der Waals surface area contributed by atoms with Gasteiger partial charge in [-0.1, -0.05) is 34.1 Å². The van der Waals surface area contributed by atoms with Crippen molar-refractivity contribution in [3.63, 3.8) is 0 Å². The van der Waals surface area contributed by atoms with Crippen molar-refractivity contribution in [2.45, 2.75) is 66.0 Å². The van der Waals surface area contributed by atoms with Crippen LogP contribution in [0.4, 0.5) is 0 Å². The smallest absolute Gasteiger partial charge is 0.0594 e. The lowest BCUT2D eigenvalue weighted by molar-refractivity contribution is 0.159. The summed E-state index contributed by atoms with van der Waals surface area (Å²) in [5, 5.41) is 3.67. The molecule has 0 saturated heterocycles. The minimum Gasteiger partial charge on any atom is -0.302 e. The fourth-order valence-electron chi connectivity index (χ4n) is 1.97. The van der Waals surface area contributed by atoms with E-state index >= 15 is 0 Å². The van der Waals surface area contributed by atoms with Gasteiger partial charge in [0.2, 0.25) is 0 Å². The van der Waals surface area contributed by atoms with Crippen LogP contribution < -0.4 is 5.32 Å².